The Morgan fingerprint density at radius 3 is 2.12 bits per heavy atom. The van der Waals surface area contributed by atoms with Gasteiger partial charge >= 0.3 is 0 Å². The fourth-order valence-electron chi connectivity index (χ4n) is 10.8. The van der Waals surface area contributed by atoms with E-state index in [1.807, 2.05) is 0 Å². The van der Waals surface area contributed by atoms with Crippen LogP contribution in [0.4, 0.5) is 11.4 Å². The van der Waals surface area contributed by atoms with Crippen molar-refractivity contribution in [2.24, 2.45) is 17.3 Å². The van der Waals surface area contributed by atoms with Crippen LogP contribution in [0.1, 0.15) is 98.1 Å². The van der Waals surface area contributed by atoms with Gasteiger partial charge in [-0.1, -0.05) is 109 Å². The Labute approximate surface area is 362 Å². The number of hydrogen-bond donors (Lipinski definition) is 1. The van der Waals surface area contributed by atoms with E-state index in [1.165, 1.54) is 79.4 Å². The van der Waals surface area contributed by atoms with Crippen molar-refractivity contribution in [3.63, 3.8) is 0 Å². The number of unbranched alkanes of at least 4 members (excludes halogenated alkanes) is 3. The fraction of sp³-hybridized carbons (Fsp3) is 0.420. The summed E-state index contributed by atoms with van der Waals surface area (Å²) in [5.41, 5.74) is 10.3. The number of rotatable bonds is 12. The minimum atomic E-state index is -4.01. The Hall–Kier alpha value is -3.30. The summed E-state index contributed by atoms with van der Waals surface area (Å²) in [7, 11) is -4.01. The molecule has 0 aromatic heterocycles. The summed E-state index contributed by atoms with van der Waals surface area (Å²) in [5.74, 6) is 0.768. The van der Waals surface area contributed by atoms with Gasteiger partial charge in [0, 0.05) is 56.4 Å². The number of allylic oxidation sites excluding steroid dienone is 8. The first-order valence-electron chi connectivity index (χ1n) is 21.1. The number of anilines is 1. The Bertz CT molecular complexity index is 2610. The highest BCUT2D eigenvalue weighted by Gasteiger charge is 2.53. The summed E-state index contributed by atoms with van der Waals surface area (Å²) < 4.78 is 37.4. The van der Waals surface area contributed by atoms with Crippen LogP contribution in [-0.2, 0) is 20.9 Å². The van der Waals surface area contributed by atoms with Crippen LogP contribution in [0.2, 0.25) is 0 Å². The molecule has 2 unspecified atom stereocenters. The summed E-state index contributed by atoms with van der Waals surface area (Å²) in [6, 6.07) is 22.2. The van der Waals surface area contributed by atoms with Gasteiger partial charge in [-0.25, -0.2) is 0 Å². The van der Waals surface area contributed by atoms with Gasteiger partial charge in [0.1, 0.15) is 6.54 Å². The van der Waals surface area contributed by atoms with E-state index >= 15 is 0 Å². The Morgan fingerprint density at radius 1 is 0.793 bits per heavy atom. The molecule has 9 rings (SSSR count). The lowest BCUT2D eigenvalue weighted by Crippen LogP contribution is -2.48. The summed E-state index contributed by atoms with van der Waals surface area (Å²) in [5, 5.41) is 5.03. The molecule has 5 aliphatic rings. The van der Waals surface area contributed by atoms with Gasteiger partial charge in [0.05, 0.1) is 11.2 Å². The first kappa shape index (κ1) is 41.4. The molecule has 1 N–H and O–H groups in total. The number of nitrogens with zero attached hydrogens (tertiary/aromatic N) is 2. The lowest BCUT2D eigenvalue weighted by Gasteiger charge is -2.57. The average molecular weight is 926 g/mol. The minimum Gasteiger partial charge on any atom is -0.344 e. The molecule has 4 aromatic rings. The van der Waals surface area contributed by atoms with Crippen molar-refractivity contribution in [1.29, 1.82) is 0 Å². The summed E-state index contributed by atoms with van der Waals surface area (Å²) in [4.78, 5) is 2.39. The molecule has 8 heteroatoms. The predicted molar refractivity (Wildman–Crippen MR) is 250 cm³/mol. The lowest BCUT2D eigenvalue weighted by molar-refractivity contribution is -0.438. The normalized spacial score (nSPS) is 23.0. The van der Waals surface area contributed by atoms with Crippen LogP contribution in [0, 0.1) is 17.3 Å². The number of fused-ring (bicyclic) bond motifs is 7. The molecule has 2 atom stereocenters. The second-order valence-corrected chi connectivity index (χ2v) is 22.1. The zero-order chi connectivity index (χ0) is 41.4. The SMILES string of the molecule is CCCCC[N+]1=C(/C=C/C2=CC(=C/C=C3/N(CCCCS(=O)(=O)O)c4ccc5cc(Br)ccc5c4C3(C)C)/C3CC2C3(C)C)C(C)(C)c2c1ccc1cc(Br)ccc21. The molecule has 1 fully saturated rings. The quantitative estimate of drug-likeness (QED) is 0.0874. The fourth-order valence-corrected chi connectivity index (χ4v) is 12.1. The molecule has 3 aliphatic carbocycles. The van der Waals surface area contributed by atoms with E-state index in [2.05, 4.69) is 181 Å². The average Bonchev–Trinajstić information content (AvgIpc) is 3.51. The molecule has 0 saturated heterocycles. The molecule has 58 heavy (non-hydrogen) atoms. The van der Waals surface area contributed by atoms with Gasteiger partial charge in [-0.05, 0) is 138 Å². The second-order valence-electron chi connectivity index (χ2n) is 18.6. The molecule has 0 spiro atoms. The number of benzene rings is 4. The van der Waals surface area contributed by atoms with E-state index in [9.17, 15) is 13.0 Å². The highest BCUT2D eigenvalue weighted by molar-refractivity contribution is 9.10. The first-order valence-corrected chi connectivity index (χ1v) is 24.3. The molecule has 2 heterocycles. The van der Waals surface area contributed by atoms with Crippen LogP contribution in [-0.4, -0.2) is 42.1 Å². The number of halogens is 2. The van der Waals surface area contributed by atoms with E-state index in [0.29, 0.717) is 31.2 Å². The molecule has 5 nitrogen and oxygen atoms in total. The molecule has 2 aliphatic heterocycles. The zero-order valence-electron chi connectivity index (χ0n) is 35.0. The second kappa shape index (κ2) is 15.3. The predicted octanol–water partition coefficient (Wildman–Crippen LogP) is 13.5. The molecular formula is C50H57Br2N2O3S+. The van der Waals surface area contributed by atoms with Gasteiger partial charge < -0.3 is 4.90 Å². The third kappa shape index (κ3) is 7.22. The Balaban J connectivity index is 1.18. The smallest absolute Gasteiger partial charge is 0.264 e. The van der Waals surface area contributed by atoms with Crippen LogP contribution >= 0.6 is 31.9 Å². The molecule has 0 amide bonds. The Kier molecular flexibility index (Phi) is 10.9. The molecule has 0 radical (unpaired) electrons. The highest BCUT2D eigenvalue weighted by atomic mass is 79.9. The van der Waals surface area contributed by atoms with Gasteiger partial charge in [0.2, 0.25) is 5.69 Å². The monoisotopic (exact) mass is 923 g/mol. The van der Waals surface area contributed by atoms with E-state index in [1.54, 1.807) is 0 Å². The molecule has 4 aromatic carbocycles. The largest absolute Gasteiger partial charge is 0.344 e. The van der Waals surface area contributed by atoms with Crippen molar-refractivity contribution in [3.05, 3.63) is 128 Å². The third-order valence-electron chi connectivity index (χ3n) is 13.9. The zero-order valence-corrected chi connectivity index (χ0v) is 39.0. The van der Waals surface area contributed by atoms with Crippen molar-refractivity contribution in [2.45, 2.75) is 97.8 Å². The van der Waals surface area contributed by atoms with Crippen LogP contribution < -0.4 is 4.90 Å². The maximum absolute atomic E-state index is 11.6. The minimum absolute atomic E-state index is 0.148. The van der Waals surface area contributed by atoms with Crippen molar-refractivity contribution in [2.75, 3.05) is 23.7 Å². The summed E-state index contributed by atoms with van der Waals surface area (Å²) in [6.45, 7) is 18.3. The maximum atomic E-state index is 11.6. The Morgan fingerprint density at radius 2 is 1.47 bits per heavy atom. The van der Waals surface area contributed by atoms with Gasteiger partial charge in [0.15, 0.2) is 5.71 Å². The van der Waals surface area contributed by atoms with E-state index in [4.69, 9.17) is 0 Å². The molecular weight excluding hydrogens is 868 g/mol. The molecule has 304 valence electrons. The third-order valence-corrected chi connectivity index (χ3v) is 15.7. The van der Waals surface area contributed by atoms with Crippen LogP contribution in [0.5, 0.6) is 0 Å². The topological polar surface area (TPSA) is 60.6 Å². The van der Waals surface area contributed by atoms with E-state index in [0.717, 1.165) is 28.3 Å². The molecule has 2 bridgehead atoms. The highest BCUT2D eigenvalue weighted by Crippen LogP contribution is 2.62. The first-order chi connectivity index (χ1) is 27.4. The van der Waals surface area contributed by atoms with Crippen LogP contribution in [0.3, 0.4) is 0 Å². The van der Waals surface area contributed by atoms with Crippen molar-refractivity contribution in [1.82, 2.24) is 0 Å². The summed E-state index contributed by atoms with van der Waals surface area (Å²) in [6.07, 6.45) is 17.9. The number of hydrogen-bond acceptors (Lipinski definition) is 3. The maximum Gasteiger partial charge on any atom is 0.264 e. The van der Waals surface area contributed by atoms with Gasteiger partial charge in [-0.15, -0.1) is 0 Å². The van der Waals surface area contributed by atoms with Crippen molar-refractivity contribution >= 4 is 80.6 Å². The van der Waals surface area contributed by atoms with Gasteiger partial charge in [-0.3, -0.25) is 4.55 Å². The van der Waals surface area contributed by atoms with E-state index in [-0.39, 0.29) is 22.0 Å². The van der Waals surface area contributed by atoms with Crippen molar-refractivity contribution in [3.8, 4) is 0 Å². The van der Waals surface area contributed by atoms with Gasteiger partial charge in [-0.2, -0.15) is 13.0 Å². The van der Waals surface area contributed by atoms with Gasteiger partial charge in [0.25, 0.3) is 10.1 Å². The van der Waals surface area contributed by atoms with Crippen molar-refractivity contribution < 1.29 is 17.5 Å². The standard InChI is InChI=1S/C50H56Br2N2O3S/c1-8-9-10-25-53-42-21-13-32-29-36(51)17-19-38(32)46(42)49(4,5)44(53)23-15-34-28-35(41-31-40(34)48(41,2)3)16-24-45-50(6,7)47-39-20-18-37(52)30-33(39)14-22-43(47)54(45)26-11-12-27-58(55,56)57/h13-24,28-30,40-41H,8-12,25-27,31H2,1-7H3/p+1. The molecule has 1 saturated carbocycles. The summed E-state index contributed by atoms with van der Waals surface area (Å²) >= 11 is 7.37. The van der Waals surface area contributed by atoms with E-state index < -0.39 is 10.1 Å². The van der Waals surface area contributed by atoms with Crippen LogP contribution in [0.25, 0.3) is 21.5 Å². The van der Waals surface area contributed by atoms with Crippen LogP contribution in [0.15, 0.2) is 117 Å². The lowest BCUT2D eigenvalue weighted by atomic mass is 9.47.